The van der Waals surface area contributed by atoms with Gasteiger partial charge in [0.1, 0.15) is 43.2 Å². The summed E-state index contributed by atoms with van der Waals surface area (Å²) in [6, 6.07) is 41.9. The number of fused-ring (bicyclic) bond motifs is 1. The molecule has 5 aromatic rings. The highest BCUT2D eigenvalue weighted by atomic mass is 35.6. The van der Waals surface area contributed by atoms with E-state index < -0.39 is 102 Å². The Labute approximate surface area is 401 Å². The van der Waals surface area contributed by atoms with Gasteiger partial charge in [0.2, 0.25) is 0 Å². The van der Waals surface area contributed by atoms with Crippen LogP contribution < -0.4 is 5.32 Å². The Morgan fingerprint density at radius 2 is 1.15 bits per heavy atom. The zero-order valence-electron chi connectivity index (χ0n) is 35.8. The molecule has 5 unspecified atom stereocenters. The summed E-state index contributed by atoms with van der Waals surface area (Å²) in [4.78, 5) is 54.9. The van der Waals surface area contributed by atoms with Crippen molar-refractivity contribution in [3.63, 3.8) is 0 Å². The fourth-order valence-electron chi connectivity index (χ4n) is 7.99. The number of rotatable bonds is 14. The maximum Gasteiger partial charge on any atom is 0.338 e. The second-order valence-electron chi connectivity index (χ2n) is 16.0. The Kier molecular flexibility index (Phi) is 15.9. The molecule has 3 heterocycles. The van der Waals surface area contributed by atoms with Crippen molar-refractivity contribution in [2.24, 2.45) is 5.92 Å². The lowest BCUT2D eigenvalue weighted by Gasteiger charge is -2.51. The Balaban J connectivity index is 1.19. The summed E-state index contributed by atoms with van der Waals surface area (Å²) in [6.45, 7) is 1.24. The molecule has 0 spiro atoms. The van der Waals surface area contributed by atoms with Crippen LogP contribution >= 0.6 is 34.8 Å². The van der Waals surface area contributed by atoms with Crippen molar-refractivity contribution in [1.82, 2.24) is 5.32 Å². The van der Waals surface area contributed by atoms with Gasteiger partial charge < -0.3 is 47.9 Å². The summed E-state index contributed by atoms with van der Waals surface area (Å²) in [5.41, 5.74) is 2.15. The molecule has 350 valence electrons. The SMILES string of the molecule is C[C@@H]1C(OC(=O)c2ccccc2)[C@H](O[C@@H]2C(NC(=O)C(Cl)(Cl)Cl)[C@@H](OCc3ccccc3)OC3COC(c4ccccc4)O[C@H]32)OC(COC(=O)c2ccccc2)[C@@H]1OC(=O)c1ccccc1. The lowest BCUT2D eigenvalue weighted by atomic mass is 9.89. The van der Waals surface area contributed by atoms with Crippen LogP contribution in [0.4, 0.5) is 0 Å². The molecule has 8 rings (SSSR count). The van der Waals surface area contributed by atoms with Crippen LogP contribution in [0.25, 0.3) is 0 Å². The molecule has 0 aromatic heterocycles. The lowest BCUT2D eigenvalue weighted by Crippen LogP contribution is -2.70. The van der Waals surface area contributed by atoms with Crippen molar-refractivity contribution in [2.75, 3.05) is 13.2 Å². The van der Waals surface area contributed by atoms with E-state index in [1.807, 2.05) is 60.7 Å². The maximum atomic E-state index is 14.0. The summed E-state index contributed by atoms with van der Waals surface area (Å²) in [7, 11) is 0. The number of carbonyl (C=O) groups excluding carboxylic acids is 4. The molecule has 3 saturated heterocycles. The first-order chi connectivity index (χ1) is 32.4. The van der Waals surface area contributed by atoms with E-state index in [4.69, 9.17) is 77.4 Å². The van der Waals surface area contributed by atoms with Crippen molar-refractivity contribution in [1.29, 1.82) is 0 Å². The number of hydrogen-bond donors (Lipinski definition) is 1. The third kappa shape index (κ3) is 12.0. The van der Waals surface area contributed by atoms with Crippen molar-refractivity contribution < 1.29 is 61.8 Å². The Bertz CT molecular complexity index is 2420. The van der Waals surface area contributed by atoms with Gasteiger partial charge in [0, 0.05) is 11.5 Å². The first-order valence-corrected chi connectivity index (χ1v) is 22.6. The fourth-order valence-corrected chi connectivity index (χ4v) is 8.15. The van der Waals surface area contributed by atoms with Gasteiger partial charge in [-0.25, -0.2) is 14.4 Å². The zero-order valence-corrected chi connectivity index (χ0v) is 38.1. The van der Waals surface area contributed by atoms with Gasteiger partial charge >= 0.3 is 17.9 Å². The summed E-state index contributed by atoms with van der Waals surface area (Å²) in [5.74, 6) is -4.10. The molecule has 0 bridgehead atoms. The van der Waals surface area contributed by atoms with Crippen molar-refractivity contribution >= 4 is 58.6 Å². The van der Waals surface area contributed by atoms with Crippen LogP contribution in [-0.4, -0.2) is 96.1 Å². The second-order valence-corrected chi connectivity index (χ2v) is 18.2. The van der Waals surface area contributed by atoms with Crippen molar-refractivity contribution in [3.05, 3.63) is 179 Å². The minimum absolute atomic E-state index is 0.0156. The Hall–Kier alpha value is -5.39. The van der Waals surface area contributed by atoms with Crippen LogP contribution in [0, 0.1) is 5.92 Å². The molecule has 5 aromatic carbocycles. The van der Waals surface area contributed by atoms with Crippen LogP contribution in [0.3, 0.4) is 0 Å². The molecule has 3 fully saturated rings. The number of benzene rings is 5. The summed E-state index contributed by atoms with van der Waals surface area (Å²) < 4.78 is 55.2. The molecule has 0 radical (unpaired) electrons. The van der Waals surface area contributed by atoms with Gasteiger partial charge in [0.15, 0.2) is 25.0 Å². The molecular weight excluding hydrogens is 929 g/mol. The first-order valence-electron chi connectivity index (χ1n) is 21.5. The van der Waals surface area contributed by atoms with E-state index >= 15 is 0 Å². The van der Waals surface area contributed by atoms with E-state index in [-0.39, 0.29) is 29.9 Å². The molecule has 0 aliphatic carbocycles. The lowest BCUT2D eigenvalue weighted by molar-refractivity contribution is -0.376. The maximum absolute atomic E-state index is 14.0. The van der Waals surface area contributed by atoms with E-state index in [0.29, 0.717) is 5.56 Å². The van der Waals surface area contributed by atoms with E-state index in [1.54, 1.807) is 97.9 Å². The molecule has 17 heteroatoms. The zero-order chi connectivity index (χ0) is 46.9. The Morgan fingerprint density at radius 3 is 1.72 bits per heavy atom. The van der Waals surface area contributed by atoms with Crippen LogP contribution in [-0.2, 0) is 54.0 Å². The molecule has 3 aliphatic rings. The van der Waals surface area contributed by atoms with Gasteiger partial charge in [0.25, 0.3) is 9.70 Å². The van der Waals surface area contributed by atoms with Crippen LogP contribution in [0.5, 0.6) is 0 Å². The third-order valence-electron chi connectivity index (χ3n) is 11.4. The number of ether oxygens (including phenoxy) is 9. The minimum Gasteiger partial charge on any atom is -0.459 e. The average Bonchev–Trinajstić information content (AvgIpc) is 3.36. The van der Waals surface area contributed by atoms with Gasteiger partial charge in [-0.05, 0) is 42.0 Å². The van der Waals surface area contributed by atoms with E-state index in [1.165, 1.54) is 0 Å². The predicted octanol–water partition coefficient (Wildman–Crippen LogP) is 7.95. The van der Waals surface area contributed by atoms with Crippen molar-refractivity contribution in [2.45, 2.75) is 78.9 Å². The third-order valence-corrected chi connectivity index (χ3v) is 11.9. The number of esters is 3. The quantitative estimate of drug-likeness (QED) is 0.0649. The second kappa shape index (κ2) is 22.1. The highest BCUT2D eigenvalue weighted by molar-refractivity contribution is 6.76. The number of alkyl halides is 3. The molecular formula is C50H46Cl3NO13. The minimum atomic E-state index is -2.46. The predicted molar refractivity (Wildman–Crippen MR) is 243 cm³/mol. The van der Waals surface area contributed by atoms with E-state index in [2.05, 4.69) is 5.32 Å². The molecule has 11 atom stereocenters. The summed E-state index contributed by atoms with van der Waals surface area (Å²) in [5, 5.41) is 2.76. The van der Waals surface area contributed by atoms with Gasteiger partial charge in [-0.15, -0.1) is 0 Å². The van der Waals surface area contributed by atoms with Crippen LogP contribution in [0.2, 0.25) is 0 Å². The van der Waals surface area contributed by atoms with Crippen LogP contribution in [0.15, 0.2) is 152 Å². The summed E-state index contributed by atoms with van der Waals surface area (Å²) >= 11 is 18.5. The topological polar surface area (TPSA) is 163 Å². The largest absolute Gasteiger partial charge is 0.459 e. The number of halogens is 3. The molecule has 1 amide bonds. The standard InChI is InChI=1S/C50H46Cl3NO13/c1-30-39(64-44(56)33-21-11-4-12-22-33)36(28-59-43(55)32-19-9-3-10-20-32)63-48(40(30)65-45(57)34-23-13-5-14-24-34)67-42-38(54-49(58)50(51,52)53)47(60-27-31-17-7-2-8-18-31)62-37-29-61-46(66-41(37)42)35-25-15-6-16-26-35/h2-26,30,36-42,46-48H,27-29H2,1H3,(H,54,58)/t30-,36?,37?,38?,39+,40?,41+,42+,46?,47-,48-/m0/s1. The highest BCUT2D eigenvalue weighted by Gasteiger charge is 2.57. The smallest absolute Gasteiger partial charge is 0.338 e. The normalized spacial score (nSPS) is 27.1. The Morgan fingerprint density at radius 1 is 0.627 bits per heavy atom. The number of hydrogen-bond acceptors (Lipinski definition) is 13. The number of nitrogens with one attached hydrogen (secondary N) is 1. The van der Waals surface area contributed by atoms with Gasteiger partial charge in [-0.2, -0.15) is 0 Å². The van der Waals surface area contributed by atoms with Gasteiger partial charge in [0.05, 0.1) is 29.9 Å². The molecule has 67 heavy (non-hydrogen) atoms. The van der Waals surface area contributed by atoms with E-state index in [9.17, 15) is 19.2 Å². The number of amides is 1. The van der Waals surface area contributed by atoms with Gasteiger partial charge in [-0.1, -0.05) is 157 Å². The van der Waals surface area contributed by atoms with Gasteiger partial charge in [-0.3, -0.25) is 4.79 Å². The fraction of sp³-hybridized carbons (Fsp3) is 0.320. The molecule has 14 nitrogen and oxygen atoms in total. The molecule has 0 saturated carbocycles. The number of carbonyl (C=O) groups is 4. The first kappa shape index (κ1) is 48.1. The van der Waals surface area contributed by atoms with Crippen LogP contribution in [0.1, 0.15) is 55.4 Å². The summed E-state index contributed by atoms with van der Waals surface area (Å²) in [6.07, 6.45) is -10.8. The monoisotopic (exact) mass is 973 g/mol. The molecule has 3 aliphatic heterocycles. The highest BCUT2D eigenvalue weighted by Crippen LogP contribution is 2.40. The average molecular weight is 975 g/mol. The molecule has 1 N–H and O–H groups in total. The van der Waals surface area contributed by atoms with E-state index in [0.717, 1.165) is 5.56 Å². The van der Waals surface area contributed by atoms with Crippen molar-refractivity contribution in [3.8, 4) is 0 Å².